The summed E-state index contributed by atoms with van der Waals surface area (Å²) in [5.74, 6) is 0.366. The SMILES string of the molecule is CC(C)C1C(C(N)=O)=CN(C)c2nnnn21. The number of hydrogen-bond acceptors (Lipinski definition) is 5. The van der Waals surface area contributed by atoms with Gasteiger partial charge >= 0.3 is 0 Å². The Labute approximate surface area is 92.9 Å². The van der Waals surface area contributed by atoms with Gasteiger partial charge in [-0.1, -0.05) is 18.9 Å². The number of nitrogens with two attached hydrogens (primary N) is 1. The fourth-order valence-electron chi connectivity index (χ4n) is 1.93. The van der Waals surface area contributed by atoms with Gasteiger partial charge in [0.25, 0.3) is 0 Å². The van der Waals surface area contributed by atoms with E-state index in [1.165, 1.54) is 0 Å². The molecule has 7 nitrogen and oxygen atoms in total. The predicted molar refractivity (Wildman–Crippen MR) is 57.4 cm³/mol. The van der Waals surface area contributed by atoms with Crippen molar-refractivity contribution in [2.75, 3.05) is 11.9 Å². The number of amides is 1. The number of carbonyl (C=O) groups is 1. The molecule has 0 spiro atoms. The Hall–Kier alpha value is -1.92. The summed E-state index contributed by atoms with van der Waals surface area (Å²) >= 11 is 0. The van der Waals surface area contributed by atoms with Gasteiger partial charge in [0.15, 0.2) is 0 Å². The second kappa shape index (κ2) is 3.58. The summed E-state index contributed by atoms with van der Waals surface area (Å²) in [5.41, 5.74) is 5.89. The fraction of sp³-hybridized carbons (Fsp3) is 0.556. The molecule has 0 saturated carbocycles. The maximum Gasteiger partial charge on any atom is 0.249 e. The van der Waals surface area contributed by atoms with Gasteiger partial charge in [0.05, 0.1) is 11.6 Å². The number of carbonyl (C=O) groups excluding carboxylic acids is 1. The number of aromatic nitrogens is 4. The molecule has 16 heavy (non-hydrogen) atoms. The molecule has 2 N–H and O–H groups in total. The van der Waals surface area contributed by atoms with Crippen LogP contribution in [0.25, 0.3) is 0 Å². The fourth-order valence-corrected chi connectivity index (χ4v) is 1.93. The number of fused-ring (bicyclic) bond motifs is 1. The first-order valence-corrected chi connectivity index (χ1v) is 5.04. The van der Waals surface area contributed by atoms with Gasteiger partial charge in [-0.05, 0) is 16.3 Å². The quantitative estimate of drug-likeness (QED) is 0.741. The van der Waals surface area contributed by atoms with E-state index < -0.39 is 5.91 Å². The highest BCUT2D eigenvalue weighted by molar-refractivity contribution is 5.93. The number of nitrogens with zero attached hydrogens (tertiary/aromatic N) is 5. The lowest BCUT2D eigenvalue weighted by molar-refractivity contribution is -0.115. The van der Waals surface area contributed by atoms with Crippen molar-refractivity contribution >= 4 is 11.9 Å². The molecule has 1 aromatic heterocycles. The summed E-state index contributed by atoms with van der Waals surface area (Å²) in [5, 5.41) is 11.4. The van der Waals surface area contributed by atoms with Crippen LogP contribution in [0.15, 0.2) is 11.8 Å². The second-order valence-electron chi connectivity index (χ2n) is 4.17. The Morgan fingerprint density at radius 2 is 2.25 bits per heavy atom. The first kappa shape index (κ1) is 10.6. The van der Waals surface area contributed by atoms with Crippen LogP contribution in [0.5, 0.6) is 0 Å². The molecule has 0 radical (unpaired) electrons. The van der Waals surface area contributed by atoms with Gasteiger partial charge in [0, 0.05) is 13.2 Å². The number of anilines is 1. The van der Waals surface area contributed by atoms with Crippen LogP contribution < -0.4 is 10.6 Å². The van der Waals surface area contributed by atoms with Crippen LogP contribution in [0.1, 0.15) is 19.9 Å². The molecule has 2 heterocycles. The largest absolute Gasteiger partial charge is 0.366 e. The van der Waals surface area contributed by atoms with Crippen LogP contribution in [-0.4, -0.2) is 33.2 Å². The van der Waals surface area contributed by atoms with Crippen molar-refractivity contribution in [1.82, 2.24) is 20.2 Å². The van der Waals surface area contributed by atoms with Crippen molar-refractivity contribution in [3.8, 4) is 0 Å². The van der Waals surface area contributed by atoms with Gasteiger partial charge in [-0.3, -0.25) is 4.79 Å². The van der Waals surface area contributed by atoms with Crippen molar-refractivity contribution in [3.05, 3.63) is 11.8 Å². The maximum atomic E-state index is 11.4. The molecule has 7 heteroatoms. The number of hydrogen-bond donors (Lipinski definition) is 1. The lowest BCUT2D eigenvalue weighted by Gasteiger charge is -2.30. The van der Waals surface area contributed by atoms with E-state index in [1.54, 1.807) is 22.8 Å². The first-order valence-electron chi connectivity index (χ1n) is 5.04. The van der Waals surface area contributed by atoms with Crippen LogP contribution in [0.2, 0.25) is 0 Å². The maximum absolute atomic E-state index is 11.4. The number of primary amides is 1. The molecule has 2 rings (SSSR count). The van der Waals surface area contributed by atoms with Crippen molar-refractivity contribution in [2.45, 2.75) is 19.9 Å². The predicted octanol–water partition coefficient (Wildman–Crippen LogP) is -0.311. The molecule has 0 aromatic carbocycles. The van der Waals surface area contributed by atoms with Crippen LogP contribution in [0.3, 0.4) is 0 Å². The molecule has 0 fully saturated rings. The zero-order valence-electron chi connectivity index (χ0n) is 9.45. The van der Waals surface area contributed by atoms with Crippen LogP contribution in [0.4, 0.5) is 5.95 Å². The average molecular weight is 222 g/mol. The average Bonchev–Trinajstić information content (AvgIpc) is 2.65. The first-order chi connectivity index (χ1) is 7.52. The van der Waals surface area contributed by atoms with Gasteiger partial charge in [0.2, 0.25) is 11.9 Å². The molecule has 86 valence electrons. The van der Waals surface area contributed by atoms with E-state index in [4.69, 9.17) is 5.73 Å². The van der Waals surface area contributed by atoms with E-state index in [9.17, 15) is 4.79 Å². The van der Waals surface area contributed by atoms with E-state index in [0.29, 0.717) is 11.5 Å². The highest BCUT2D eigenvalue weighted by Gasteiger charge is 2.32. The molecule has 0 aliphatic carbocycles. The third-order valence-electron chi connectivity index (χ3n) is 2.62. The molecule has 1 amide bonds. The van der Waals surface area contributed by atoms with Crippen LogP contribution in [0, 0.1) is 5.92 Å². The Morgan fingerprint density at radius 1 is 1.56 bits per heavy atom. The zero-order valence-corrected chi connectivity index (χ0v) is 9.45. The van der Waals surface area contributed by atoms with E-state index in [1.807, 2.05) is 13.8 Å². The molecule has 1 aromatic rings. The molecule has 0 bridgehead atoms. The Bertz CT molecular complexity index is 449. The molecule has 1 unspecified atom stereocenters. The third-order valence-corrected chi connectivity index (χ3v) is 2.62. The van der Waals surface area contributed by atoms with E-state index in [0.717, 1.165) is 0 Å². The topological polar surface area (TPSA) is 89.9 Å². The zero-order chi connectivity index (χ0) is 11.9. The molecule has 1 aliphatic rings. The molecular formula is C9H14N6O. The standard InChI is InChI=1S/C9H14N6O/c1-5(2)7-6(8(10)16)4-14(3)9-11-12-13-15(7)9/h4-5,7H,1-3H3,(H2,10,16). The van der Waals surface area contributed by atoms with Crippen molar-refractivity contribution < 1.29 is 4.79 Å². The summed E-state index contributed by atoms with van der Waals surface area (Å²) in [4.78, 5) is 13.1. The monoisotopic (exact) mass is 222 g/mol. The Morgan fingerprint density at radius 3 is 2.81 bits per heavy atom. The third kappa shape index (κ3) is 1.44. The van der Waals surface area contributed by atoms with Gasteiger partial charge in [-0.2, -0.15) is 0 Å². The number of tetrazole rings is 1. The van der Waals surface area contributed by atoms with Crippen molar-refractivity contribution in [2.24, 2.45) is 11.7 Å². The normalized spacial score (nSPS) is 19.6. The van der Waals surface area contributed by atoms with Crippen molar-refractivity contribution in [3.63, 3.8) is 0 Å². The molecule has 1 aliphatic heterocycles. The highest BCUT2D eigenvalue weighted by atomic mass is 16.1. The highest BCUT2D eigenvalue weighted by Crippen LogP contribution is 2.32. The van der Waals surface area contributed by atoms with Crippen LogP contribution >= 0.6 is 0 Å². The summed E-state index contributed by atoms with van der Waals surface area (Å²) in [6.07, 6.45) is 1.69. The summed E-state index contributed by atoms with van der Waals surface area (Å²) in [6, 6.07) is -0.196. The van der Waals surface area contributed by atoms with Gasteiger partial charge in [-0.15, -0.1) is 0 Å². The summed E-state index contributed by atoms with van der Waals surface area (Å²) < 4.78 is 1.63. The van der Waals surface area contributed by atoms with Gasteiger partial charge in [0.1, 0.15) is 0 Å². The molecular weight excluding hydrogens is 208 g/mol. The summed E-state index contributed by atoms with van der Waals surface area (Å²) in [7, 11) is 1.78. The number of rotatable bonds is 2. The minimum absolute atomic E-state index is 0.190. The lowest BCUT2D eigenvalue weighted by Crippen LogP contribution is -2.34. The molecule has 0 saturated heterocycles. The summed E-state index contributed by atoms with van der Waals surface area (Å²) in [6.45, 7) is 4.00. The van der Waals surface area contributed by atoms with E-state index in [-0.39, 0.29) is 12.0 Å². The smallest absolute Gasteiger partial charge is 0.249 e. The van der Waals surface area contributed by atoms with Crippen LogP contribution in [-0.2, 0) is 4.79 Å². The van der Waals surface area contributed by atoms with E-state index >= 15 is 0 Å². The van der Waals surface area contributed by atoms with Gasteiger partial charge in [-0.25, -0.2) is 4.68 Å². The molecule has 1 atom stereocenters. The minimum atomic E-state index is -0.438. The minimum Gasteiger partial charge on any atom is -0.366 e. The Balaban J connectivity index is 2.53. The van der Waals surface area contributed by atoms with Crippen molar-refractivity contribution in [1.29, 1.82) is 0 Å². The van der Waals surface area contributed by atoms with E-state index in [2.05, 4.69) is 15.5 Å². The van der Waals surface area contributed by atoms with Gasteiger partial charge < -0.3 is 10.6 Å². The Kier molecular flexibility index (Phi) is 2.37. The lowest BCUT2D eigenvalue weighted by atomic mass is 9.95. The second-order valence-corrected chi connectivity index (χ2v) is 4.17.